The largest absolute Gasteiger partial charge is 0.351 e. The number of carbonyl (C=O) groups is 1. The number of hydrogen-bond acceptors (Lipinski definition) is 2. The fraction of sp³-hybridized carbons (Fsp3) is 0.500. The van der Waals surface area contributed by atoms with Gasteiger partial charge in [0.15, 0.2) is 0 Å². The van der Waals surface area contributed by atoms with Gasteiger partial charge in [0.05, 0.1) is 6.54 Å². The van der Waals surface area contributed by atoms with E-state index in [1.54, 1.807) is 0 Å². The van der Waals surface area contributed by atoms with E-state index in [0.717, 1.165) is 31.3 Å². The summed E-state index contributed by atoms with van der Waals surface area (Å²) in [5.74, 6) is 0.663. The van der Waals surface area contributed by atoms with Crippen molar-refractivity contribution in [3.05, 3.63) is 59.7 Å². The van der Waals surface area contributed by atoms with Crippen LogP contribution in [-0.4, -0.2) is 24.7 Å². The molecule has 1 heterocycles. The first-order valence-electron chi connectivity index (χ1n) is 10.1. The molecule has 3 heteroatoms. The van der Waals surface area contributed by atoms with Crippen LogP contribution in [0.1, 0.15) is 63.5 Å². The van der Waals surface area contributed by atoms with E-state index in [1.165, 1.54) is 11.1 Å². The number of allylic oxidation sites excluding steroid dienone is 3. The topological polar surface area (TPSA) is 41.5 Å². The van der Waals surface area contributed by atoms with Crippen LogP contribution in [0.4, 0.5) is 0 Å². The lowest BCUT2D eigenvalue weighted by molar-refractivity contribution is -0.123. The molecule has 1 N–H and O–H groups in total. The van der Waals surface area contributed by atoms with Crippen LogP contribution in [0.15, 0.2) is 53.6 Å². The van der Waals surface area contributed by atoms with Crippen LogP contribution in [0.5, 0.6) is 0 Å². The fourth-order valence-electron chi connectivity index (χ4n) is 3.69. The van der Waals surface area contributed by atoms with Crippen molar-refractivity contribution < 1.29 is 4.79 Å². The van der Waals surface area contributed by atoms with Crippen molar-refractivity contribution in [3.8, 4) is 0 Å². The Morgan fingerprint density at radius 2 is 1.96 bits per heavy atom. The molecule has 3 unspecified atom stereocenters. The Labute approximate surface area is 163 Å². The third kappa shape index (κ3) is 5.41. The second-order valence-electron chi connectivity index (χ2n) is 8.95. The molecule has 1 fully saturated rings. The molecule has 2 aliphatic rings. The van der Waals surface area contributed by atoms with Gasteiger partial charge in [-0.2, -0.15) is 0 Å². The number of benzene rings is 1. The molecular weight excluding hydrogens is 332 g/mol. The quantitative estimate of drug-likeness (QED) is 0.811. The summed E-state index contributed by atoms with van der Waals surface area (Å²) in [6, 6.07) is 8.93. The lowest BCUT2D eigenvalue weighted by Gasteiger charge is -2.19. The van der Waals surface area contributed by atoms with Gasteiger partial charge in [0.1, 0.15) is 0 Å². The average Bonchev–Trinajstić information content (AvgIpc) is 3.41. The van der Waals surface area contributed by atoms with Crippen molar-refractivity contribution in [1.82, 2.24) is 5.32 Å². The SMILES string of the molecule is C=C1/C=C\C=NCC(NC(=O)C2CC2c2ccc(C(C)(C)C)cc2)CCC1. The van der Waals surface area contributed by atoms with Crippen molar-refractivity contribution in [2.75, 3.05) is 6.54 Å². The Morgan fingerprint density at radius 3 is 2.67 bits per heavy atom. The Balaban J connectivity index is 1.55. The van der Waals surface area contributed by atoms with Crippen molar-refractivity contribution in [2.45, 2.75) is 63.8 Å². The number of rotatable bonds is 3. The Bertz CT molecular complexity index is 737. The lowest BCUT2D eigenvalue weighted by atomic mass is 9.86. The van der Waals surface area contributed by atoms with Crippen molar-refractivity contribution >= 4 is 12.1 Å². The van der Waals surface area contributed by atoms with Gasteiger partial charge in [-0.15, -0.1) is 0 Å². The van der Waals surface area contributed by atoms with Gasteiger partial charge in [0.25, 0.3) is 0 Å². The molecule has 1 saturated carbocycles. The second kappa shape index (κ2) is 8.24. The van der Waals surface area contributed by atoms with Crippen molar-refractivity contribution in [1.29, 1.82) is 0 Å². The predicted octanol–water partition coefficient (Wildman–Crippen LogP) is 4.94. The Morgan fingerprint density at radius 1 is 1.22 bits per heavy atom. The van der Waals surface area contributed by atoms with E-state index in [0.29, 0.717) is 12.5 Å². The minimum absolute atomic E-state index is 0.111. The molecule has 0 spiro atoms. The zero-order valence-electron chi connectivity index (χ0n) is 16.9. The molecule has 1 aromatic rings. The first-order chi connectivity index (χ1) is 12.8. The molecule has 1 aliphatic heterocycles. The standard InChI is InChI=1S/C24H32N2O/c1-17-7-5-9-20(16-25-14-6-8-17)26-23(27)22-15-21(22)18-10-12-19(13-11-18)24(2,3)4/h6,8,10-14,20-22H,1,5,7,9,15-16H2,2-4H3,(H,26,27)/b8-6-,25-14?. The normalized spacial score (nSPS) is 27.1. The molecule has 3 rings (SSSR count). The van der Waals surface area contributed by atoms with Crippen LogP contribution in [0.25, 0.3) is 0 Å². The van der Waals surface area contributed by atoms with Crippen LogP contribution < -0.4 is 5.32 Å². The van der Waals surface area contributed by atoms with Gasteiger partial charge in [-0.25, -0.2) is 0 Å². The summed E-state index contributed by atoms with van der Waals surface area (Å²) in [6.45, 7) is 11.4. The average molecular weight is 365 g/mol. The van der Waals surface area contributed by atoms with Gasteiger partial charge < -0.3 is 5.32 Å². The molecule has 0 saturated heterocycles. The van der Waals surface area contributed by atoms with Crippen LogP contribution in [0, 0.1) is 5.92 Å². The number of hydrogen-bond donors (Lipinski definition) is 1. The summed E-state index contributed by atoms with van der Waals surface area (Å²) in [5.41, 5.74) is 3.90. The van der Waals surface area contributed by atoms with Crippen LogP contribution >= 0.6 is 0 Å². The van der Waals surface area contributed by atoms with Gasteiger partial charge in [-0.05, 0) is 54.2 Å². The molecule has 1 aliphatic carbocycles. The van der Waals surface area contributed by atoms with Gasteiger partial charge in [0, 0.05) is 18.2 Å². The van der Waals surface area contributed by atoms with E-state index in [4.69, 9.17) is 0 Å². The predicted molar refractivity (Wildman–Crippen MR) is 113 cm³/mol. The van der Waals surface area contributed by atoms with Crippen molar-refractivity contribution in [2.24, 2.45) is 10.9 Å². The Kier molecular flexibility index (Phi) is 5.98. The summed E-state index contributed by atoms with van der Waals surface area (Å²) in [5, 5.41) is 3.24. The maximum Gasteiger partial charge on any atom is 0.224 e. The van der Waals surface area contributed by atoms with Crippen LogP contribution in [0.2, 0.25) is 0 Å². The zero-order valence-corrected chi connectivity index (χ0v) is 16.9. The molecule has 0 radical (unpaired) electrons. The summed E-state index contributed by atoms with van der Waals surface area (Å²) in [6.07, 6.45) is 9.68. The van der Waals surface area contributed by atoms with Crippen LogP contribution in [0.3, 0.4) is 0 Å². The molecule has 3 atom stereocenters. The first kappa shape index (κ1) is 19.6. The zero-order chi connectivity index (χ0) is 19.4. The number of nitrogens with one attached hydrogen (secondary N) is 1. The summed E-state index contributed by atoms with van der Waals surface area (Å²) >= 11 is 0. The van der Waals surface area contributed by atoms with Gasteiger partial charge in [-0.3, -0.25) is 9.79 Å². The van der Waals surface area contributed by atoms with E-state index >= 15 is 0 Å². The lowest BCUT2D eigenvalue weighted by Crippen LogP contribution is -2.38. The number of nitrogens with zero attached hydrogens (tertiary/aromatic N) is 1. The highest BCUT2D eigenvalue weighted by Gasteiger charge is 2.44. The molecule has 0 bridgehead atoms. The summed E-state index contributed by atoms with van der Waals surface area (Å²) < 4.78 is 0. The number of amides is 1. The second-order valence-corrected chi connectivity index (χ2v) is 8.95. The van der Waals surface area contributed by atoms with Gasteiger partial charge >= 0.3 is 0 Å². The molecule has 144 valence electrons. The minimum Gasteiger partial charge on any atom is -0.351 e. The Hall–Kier alpha value is -2.16. The summed E-state index contributed by atoms with van der Waals surface area (Å²) in [7, 11) is 0. The third-order valence-corrected chi connectivity index (χ3v) is 5.58. The van der Waals surface area contributed by atoms with Gasteiger partial charge in [0.2, 0.25) is 5.91 Å². The highest BCUT2D eigenvalue weighted by atomic mass is 16.2. The smallest absolute Gasteiger partial charge is 0.224 e. The molecule has 1 amide bonds. The highest BCUT2D eigenvalue weighted by molar-refractivity contribution is 5.83. The monoisotopic (exact) mass is 364 g/mol. The third-order valence-electron chi connectivity index (χ3n) is 5.58. The molecule has 1 aromatic carbocycles. The maximum absolute atomic E-state index is 12.7. The molecule has 27 heavy (non-hydrogen) atoms. The van der Waals surface area contributed by atoms with E-state index in [1.807, 2.05) is 18.4 Å². The highest BCUT2D eigenvalue weighted by Crippen LogP contribution is 2.47. The fourth-order valence-corrected chi connectivity index (χ4v) is 3.69. The number of aliphatic imine (C=N–C) groups is 1. The number of carbonyl (C=O) groups excluding carboxylic acids is 1. The minimum atomic E-state index is 0.111. The van der Waals surface area contributed by atoms with E-state index in [-0.39, 0.29) is 23.3 Å². The van der Waals surface area contributed by atoms with Crippen molar-refractivity contribution in [3.63, 3.8) is 0 Å². The molecular formula is C24H32N2O. The van der Waals surface area contributed by atoms with Crippen LogP contribution in [-0.2, 0) is 10.2 Å². The molecule has 3 nitrogen and oxygen atoms in total. The maximum atomic E-state index is 12.7. The van der Waals surface area contributed by atoms with E-state index in [2.05, 4.69) is 61.9 Å². The van der Waals surface area contributed by atoms with E-state index < -0.39 is 0 Å². The molecule has 0 aromatic heterocycles. The van der Waals surface area contributed by atoms with E-state index in [9.17, 15) is 4.79 Å². The summed E-state index contributed by atoms with van der Waals surface area (Å²) in [4.78, 5) is 17.1. The first-order valence-corrected chi connectivity index (χ1v) is 10.1. The van der Waals surface area contributed by atoms with Gasteiger partial charge in [-0.1, -0.05) is 63.3 Å².